The van der Waals surface area contributed by atoms with E-state index in [4.69, 9.17) is 0 Å². The minimum absolute atomic E-state index is 0.247. The molecule has 0 saturated heterocycles. The SMILES string of the molecule is CC(NCc1ncn[nH]1)c1ccc(-n2ccnc2)cc1. The van der Waals surface area contributed by atoms with Gasteiger partial charge in [0.25, 0.3) is 0 Å². The van der Waals surface area contributed by atoms with Gasteiger partial charge in [-0.1, -0.05) is 12.1 Å². The van der Waals surface area contributed by atoms with Crippen LogP contribution < -0.4 is 5.32 Å². The van der Waals surface area contributed by atoms with Crippen LogP contribution in [-0.4, -0.2) is 24.7 Å². The molecular formula is C14H16N6. The standard InChI is InChI=1S/C14H16N6/c1-11(16-8-14-17-9-18-19-14)12-2-4-13(5-3-12)20-7-6-15-10-20/h2-7,9-11,16H,8H2,1H3,(H,17,18,19). The van der Waals surface area contributed by atoms with Crippen molar-refractivity contribution < 1.29 is 0 Å². The van der Waals surface area contributed by atoms with Crippen LogP contribution in [0.25, 0.3) is 5.69 Å². The number of hydrogen-bond donors (Lipinski definition) is 2. The summed E-state index contributed by atoms with van der Waals surface area (Å²) < 4.78 is 1.98. The van der Waals surface area contributed by atoms with Crippen LogP contribution in [0.5, 0.6) is 0 Å². The van der Waals surface area contributed by atoms with Crippen molar-refractivity contribution in [2.24, 2.45) is 0 Å². The summed E-state index contributed by atoms with van der Waals surface area (Å²) in [6.45, 7) is 2.80. The van der Waals surface area contributed by atoms with E-state index < -0.39 is 0 Å². The Labute approximate surface area is 116 Å². The van der Waals surface area contributed by atoms with Gasteiger partial charge in [-0.25, -0.2) is 9.97 Å². The number of benzene rings is 1. The Hall–Kier alpha value is -2.47. The lowest BCUT2D eigenvalue weighted by Crippen LogP contribution is -2.18. The molecule has 0 aliphatic heterocycles. The van der Waals surface area contributed by atoms with Crippen LogP contribution in [0.4, 0.5) is 0 Å². The van der Waals surface area contributed by atoms with Crippen molar-refractivity contribution in [3.8, 4) is 5.69 Å². The van der Waals surface area contributed by atoms with Gasteiger partial charge in [0.1, 0.15) is 12.2 Å². The van der Waals surface area contributed by atoms with Gasteiger partial charge in [-0.05, 0) is 24.6 Å². The lowest BCUT2D eigenvalue weighted by atomic mass is 10.1. The van der Waals surface area contributed by atoms with Crippen molar-refractivity contribution in [1.29, 1.82) is 0 Å². The summed E-state index contributed by atoms with van der Waals surface area (Å²) in [5.74, 6) is 0.840. The third-order valence-corrected chi connectivity index (χ3v) is 3.24. The fourth-order valence-corrected chi connectivity index (χ4v) is 2.03. The Bertz CT molecular complexity index is 627. The first-order chi connectivity index (χ1) is 9.83. The number of rotatable bonds is 5. The predicted molar refractivity (Wildman–Crippen MR) is 75.2 cm³/mol. The van der Waals surface area contributed by atoms with Crippen LogP contribution in [-0.2, 0) is 6.54 Å². The molecule has 1 atom stereocenters. The largest absolute Gasteiger partial charge is 0.306 e. The third kappa shape index (κ3) is 2.75. The molecule has 20 heavy (non-hydrogen) atoms. The number of nitrogens with one attached hydrogen (secondary N) is 2. The molecule has 6 heteroatoms. The quantitative estimate of drug-likeness (QED) is 0.740. The highest BCUT2D eigenvalue weighted by Crippen LogP contribution is 2.15. The maximum Gasteiger partial charge on any atom is 0.138 e. The van der Waals surface area contributed by atoms with Crippen LogP contribution in [0.3, 0.4) is 0 Å². The van der Waals surface area contributed by atoms with Gasteiger partial charge < -0.3 is 9.88 Å². The minimum Gasteiger partial charge on any atom is -0.306 e. The van der Waals surface area contributed by atoms with Crippen LogP contribution in [0.15, 0.2) is 49.3 Å². The van der Waals surface area contributed by atoms with E-state index in [9.17, 15) is 0 Å². The second-order valence-corrected chi connectivity index (χ2v) is 4.60. The molecule has 3 aromatic rings. The van der Waals surface area contributed by atoms with E-state index in [1.54, 1.807) is 12.5 Å². The molecule has 0 radical (unpaired) electrons. The fourth-order valence-electron chi connectivity index (χ4n) is 2.03. The Balaban J connectivity index is 1.65. The molecule has 6 nitrogen and oxygen atoms in total. The first kappa shape index (κ1) is 12.6. The average Bonchev–Trinajstić information content (AvgIpc) is 3.18. The smallest absolute Gasteiger partial charge is 0.138 e. The van der Waals surface area contributed by atoms with E-state index in [2.05, 4.69) is 56.7 Å². The summed E-state index contributed by atoms with van der Waals surface area (Å²) in [5, 5.41) is 10.1. The molecule has 1 unspecified atom stereocenters. The zero-order valence-electron chi connectivity index (χ0n) is 11.2. The van der Waals surface area contributed by atoms with Crippen LogP contribution in [0, 0.1) is 0 Å². The lowest BCUT2D eigenvalue weighted by Gasteiger charge is -2.14. The number of imidazole rings is 1. The van der Waals surface area contributed by atoms with Crippen molar-refractivity contribution >= 4 is 0 Å². The topological polar surface area (TPSA) is 71.4 Å². The normalized spacial score (nSPS) is 12.4. The van der Waals surface area contributed by atoms with Crippen molar-refractivity contribution in [3.63, 3.8) is 0 Å². The van der Waals surface area contributed by atoms with E-state index >= 15 is 0 Å². The van der Waals surface area contributed by atoms with Gasteiger partial charge >= 0.3 is 0 Å². The van der Waals surface area contributed by atoms with Gasteiger partial charge in [-0.15, -0.1) is 0 Å². The van der Waals surface area contributed by atoms with E-state index in [-0.39, 0.29) is 6.04 Å². The zero-order chi connectivity index (χ0) is 13.8. The average molecular weight is 268 g/mol. The third-order valence-electron chi connectivity index (χ3n) is 3.24. The van der Waals surface area contributed by atoms with Crippen LogP contribution >= 0.6 is 0 Å². The summed E-state index contributed by atoms with van der Waals surface area (Å²) in [5.41, 5.74) is 2.34. The van der Waals surface area contributed by atoms with Gasteiger partial charge in [0.05, 0.1) is 12.9 Å². The first-order valence-electron chi connectivity index (χ1n) is 6.49. The molecule has 0 fully saturated rings. The van der Waals surface area contributed by atoms with Gasteiger partial charge in [-0.3, -0.25) is 5.10 Å². The highest BCUT2D eigenvalue weighted by molar-refractivity contribution is 5.35. The summed E-state index contributed by atoms with van der Waals surface area (Å²) in [6, 6.07) is 8.66. The number of H-pyrrole nitrogens is 1. The van der Waals surface area contributed by atoms with Gasteiger partial charge in [0, 0.05) is 24.1 Å². The van der Waals surface area contributed by atoms with E-state index in [1.165, 1.54) is 11.9 Å². The van der Waals surface area contributed by atoms with E-state index in [0.29, 0.717) is 6.54 Å². The van der Waals surface area contributed by atoms with Crippen molar-refractivity contribution in [2.75, 3.05) is 0 Å². The summed E-state index contributed by atoms with van der Waals surface area (Å²) in [6.07, 6.45) is 7.01. The molecule has 3 rings (SSSR count). The van der Waals surface area contributed by atoms with Gasteiger partial charge in [-0.2, -0.15) is 5.10 Å². The second kappa shape index (κ2) is 5.66. The second-order valence-electron chi connectivity index (χ2n) is 4.60. The maximum atomic E-state index is 4.09. The first-order valence-corrected chi connectivity index (χ1v) is 6.49. The molecule has 2 aromatic heterocycles. The van der Waals surface area contributed by atoms with Crippen LogP contribution in [0.2, 0.25) is 0 Å². The molecular weight excluding hydrogens is 252 g/mol. The van der Waals surface area contributed by atoms with Crippen LogP contribution in [0.1, 0.15) is 24.4 Å². The minimum atomic E-state index is 0.247. The fraction of sp³-hybridized carbons (Fsp3) is 0.214. The molecule has 0 aliphatic carbocycles. The highest BCUT2D eigenvalue weighted by Gasteiger charge is 2.06. The molecule has 2 heterocycles. The molecule has 0 saturated carbocycles. The number of nitrogens with zero attached hydrogens (tertiary/aromatic N) is 4. The maximum absolute atomic E-state index is 4.09. The van der Waals surface area contributed by atoms with Crippen molar-refractivity contribution in [2.45, 2.75) is 19.5 Å². The summed E-state index contributed by atoms with van der Waals surface area (Å²) >= 11 is 0. The van der Waals surface area contributed by atoms with Gasteiger partial charge in [0.15, 0.2) is 0 Å². The predicted octanol–water partition coefficient (Wildman–Crippen LogP) is 1.84. The number of aromatic nitrogens is 5. The monoisotopic (exact) mass is 268 g/mol. The molecule has 2 N–H and O–H groups in total. The van der Waals surface area contributed by atoms with E-state index in [0.717, 1.165) is 11.5 Å². The lowest BCUT2D eigenvalue weighted by molar-refractivity contribution is 0.560. The summed E-state index contributed by atoms with van der Waals surface area (Å²) in [7, 11) is 0. The Kier molecular flexibility index (Phi) is 3.56. The van der Waals surface area contributed by atoms with E-state index in [1.807, 2.05) is 10.8 Å². The summed E-state index contributed by atoms with van der Waals surface area (Å²) in [4.78, 5) is 8.14. The number of aromatic amines is 1. The molecule has 1 aromatic carbocycles. The molecule has 102 valence electrons. The van der Waals surface area contributed by atoms with Crippen molar-refractivity contribution in [1.82, 2.24) is 30.0 Å². The van der Waals surface area contributed by atoms with Crippen molar-refractivity contribution in [3.05, 3.63) is 60.7 Å². The van der Waals surface area contributed by atoms with Gasteiger partial charge in [0.2, 0.25) is 0 Å². The molecule has 0 aliphatic rings. The molecule has 0 spiro atoms. The highest BCUT2D eigenvalue weighted by atomic mass is 15.2. The Morgan fingerprint density at radius 1 is 1.30 bits per heavy atom. The molecule has 0 bridgehead atoms. The number of hydrogen-bond acceptors (Lipinski definition) is 4. The Morgan fingerprint density at radius 3 is 2.80 bits per heavy atom. The Morgan fingerprint density at radius 2 is 2.15 bits per heavy atom. The zero-order valence-corrected chi connectivity index (χ0v) is 11.2. The molecule has 0 amide bonds.